The van der Waals surface area contributed by atoms with Crippen LogP contribution >= 0.6 is 0 Å². The molecule has 4 rings (SSSR count). The van der Waals surface area contributed by atoms with Crippen LogP contribution in [-0.4, -0.2) is 5.54 Å². The zero-order valence-corrected chi connectivity index (χ0v) is 16.5. The monoisotopic (exact) mass is 347 g/mol. The quantitative estimate of drug-likeness (QED) is 0.657. The van der Waals surface area contributed by atoms with Crippen LogP contribution in [-0.2, 0) is 0 Å². The molecular weight excluding hydrogens is 318 g/mol. The Morgan fingerprint density at radius 2 is 1.85 bits per heavy atom. The topological polar surface area (TPSA) is 21.3 Å². The Bertz CT molecular complexity index is 876. The molecule has 2 heteroatoms. The Labute approximate surface area is 157 Å². The van der Waals surface area contributed by atoms with Gasteiger partial charge in [-0.05, 0) is 62.8 Å². The molecule has 2 aliphatic rings. The van der Waals surface area contributed by atoms with Crippen LogP contribution in [0.1, 0.15) is 64.7 Å². The molecule has 26 heavy (non-hydrogen) atoms. The first-order valence-corrected chi connectivity index (χ1v) is 9.77. The Balaban J connectivity index is 1.91. The van der Waals surface area contributed by atoms with E-state index in [0.717, 1.165) is 18.6 Å². The molecular formula is C24H29NO. The van der Waals surface area contributed by atoms with Crippen LogP contribution in [0.5, 0.6) is 5.75 Å². The lowest BCUT2D eigenvalue weighted by molar-refractivity contribution is 0.182. The number of anilines is 1. The maximum Gasteiger partial charge on any atom is 0.128 e. The van der Waals surface area contributed by atoms with E-state index in [-0.39, 0.29) is 11.6 Å². The van der Waals surface area contributed by atoms with Gasteiger partial charge in [-0.1, -0.05) is 44.2 Å². The second-order valence-electron chi connectivity index (χ2n) is 8.70. The van der Waals surface area contributed by atoms with Gasteiger partial charge >= 0.3 is 0 Å². The highest BCUT2D eigenvalue weighted by molar-refractivity contribution is 5.89. The first kappa shape index (κ1) is 17.2. The third-order valence-corrected chi connectivity index (χ3v) is 5.45. The molecule has 0 spiro atoms. The zero-order chi connectivity index (χ0) is 18.5. The van der Waals surface area contributed by atoms with Crippen molar-refractivity contribution in [2.45, 2.75) is 59.1 Å². The van der Waals surface area contributed by atoms with E-state index in [4.69, 9.17) is 4.74 Å². The van der Waals surface area contributed by atoms with Gasteiger partial charge in [-0.3, -0.25) is 0 Å². The highest BCUT2D eigenvalue weighted by atomic mass is 16.5. The molecule has 136 valence electrons. The smallest absolute Gasteiger partial charge is 0.128 e. The summed E-state index contributed by atoms with van der Waals surface area (Å²) in [6.45, 7) is 11.3. The summed E-state index contributed by atoms with van der Waals surface area (Å²) >= 11 is 0. The van der Waals surface area contributed by atoms with Crippen LogP contribution in [0.15, 0.2) is 42.5 Å². The molecule has 0 fully saturated rings. The second kappa shape index (κ2) is 6.19. The molecule has 0 aliphatic carbocycles. The Morgan fingerprint density at radius 3 is 2.62 bits per heavy atom. The largest absolute Gasteiger partial charge is 0.485 e. The number of fused-ring (bicyclic) bond motifs is 5. The predicted molar refractivity (Wildman–Crippen MR) is 111 cm³/mol. The highest BCUT2D eigenvalue weighted by Gasteiger charge is 2.33. The van der Waals surface area contributed by atoms with Crippen molar-refractivity contribution in [1.82, 2.24) is 0 Å². The molecule has 2 heterocycles. The Hall–Kier alpha value is -2.22. The van der Waals surface area contributed by atoms with Crippen molar-refractivity contribution in [2.24, 2.45) is 5.92 Å². The third kappa shape index (κ3) is 2.92. The van der Waals surface area contributed by atoms with Crippen molar-refractivity contribution in [3.63, 3.8) is 0 Å². The molecule has 1 atom stereocenters. The molecule has 1 N–H and O–H groups in total. The van der Waals surface area contributed by atoms with Gasteiger partial charge in [0.1, 0.15) is 11.9 Å². The fourth-order valence-electron chi connectivity index (χ4n) is 4.41. The molecule has 2 nitrogen and oxygen atoms in total. The minimum absolute atomic E-state index is 0.0216. The zero-order valence-electron chi connectivity index (χ0n) is 16.5. The van der Waals surface area contributed by atoms with E-state index in [1.54, 1.807) is 0 Å². The summed E-state index contributed by atoms with van der Waals surface area (Å²) in [6.07, 6.45) is 4.67. The molecule has 1 unspecified atom stereocenters. The van der Waals surface area contributed by atoms with Gasteiger partial charge in [-0.2, -0.15) is 0 Å². The Morgan fingerprint density at radius 1 is 1.08 bits per heavy atom. The summed E-state index contributed by atoms with van der Waals surface area (Å²) < 4.78 is 6.52. The van der Waals surface area contributed by atoms with E-state index in [0.29, 0.717) is 5.92 Å². The summed E-state index contributed by atoms with van der Waals surface area (Å²) in [5.41, 5.74) is 7.79. The first-order valence-electron chi connectivity index (χ1n) is 9.77. The molecule has 0 saturated heterocycles. The van der Waals surface area contributed by atoms with E-state index in [1.165, 1.54) is 33.5 Å². The summed E-state index contributed by atoms with van der Waals surface area (Å²) in [5.74, 6) is 1.69. The number of rotatable bonds is 3. The number of nitrogens with one attached hydrogen (secondary N) is 1. The van der Waals surface area contributed by atoms with Gasteiger partial charge in [0.05, 0.1) is 5.54 Å². The highest BCUT2D eigenvalue weighted by Crippen LogP contribution is 2.50. The number of ether oxygens (including phenoxy) is 1. The molecule has 0 amide bonds. The molecule has 0 bridgehead atoms. The molecule has 2 aromatic carbocycles. The average molecular weight is 348 g/mol. The van der Waals surface area contributed by atoms with Crippen LogP contribution in [0.2, 0.25) is 0 Å². The maximum atomic E-state index is 6.52. The lowest BCUT2D eigenvalue weighted by Gasteiger charge is -2.37. The molecule has 2 aliphatic heterocycles. The van der Waals surface area contributed by atoms with Crippen LogP contribution in [0.3, 0.4) is 0 Å². The third-order valence-electron chi connectivity index (χ3n) is 5.45. The minimum Gasteiger partial charge on any atom is -0.485 e. The maximum absolute atomic E-state index is 6.52. The van der Waals surface area contributed by atoms with Crippen LogP contribution in [0.4, 0.5) is 5.69 Å². The van der Waals surface area contributed by atoms with E-state index >= 15 is 0 Å². The standard InChI is InChI=1S/C24H29NO/c1-15(2)10-13-21-23-18(17-8-6-7-9-20(17)26-21)11-12-19-22(23)16(3)14-24(4,5)25-19/h6-9,11-12,14-15,21,25H,10,13H2,1-5H3. The number of hydrogen-bond donors (Lipinski definition) is 1. The fourth-order valence-corrected chi connectivity index (χ4v) is 4.41. The Kier molecular flexibility index (Phi) is 4.10. The van der Waals surface area contributed by atoms with Crippen molar-refractivity contribution in [2.75, 3.05) is 5.32 Å². The van der Waals surface area contributed by atoms with Gasteiger partial charge in [0.2, 0.25) is 0 Å². The lowest BCUT2D eigenvalue weighted by atomic mass is 9.81. The SMILES string of the molecule is CC1=CC(C)(C)Nc2ccc3c(c21)C(CCC(C)C)Oc1ccccc1-3. The van der Waals surface area contributed by atoms with Gasteiger partial charge in [-0.25, -0.2) is 0 Å². The molecule has 0 aromatic heterocycles. The number of allylic oxidation sites excluding steroid dienone is 1. The normalized spacial score (nSPS) is 19.6. The van der Waals surface area contributed by atoms with Crippen molar-refractivity contribution in [1.29, 1.82) is 0 Å². The first-order chi connectivity index (χ1) is 12.4. The van der Waals surface area contributed by atoms with Crippen molar-refractivity contribution in [3.8, 4) is 16.9 Å². The van der Waals surface area contributed by atoms with Crippen LogP contribution in [0.25, 0.3) is 16.7 Å². The molecule has 2 aromatic rings. The van der Waals surface area contributed by atoms with E-state index in [1.807, 2.05) is 0 Å². The summed E-state index contributed by atoms with van der Waals surface area (Å²) in [5, 5.41) is 3.69. The molecule has 0 saturated carbocycles. The van der Waals surface area contributed by atoms with E-state index < -0.39 is 0 Å². The number of benzene rings is 2. The lowest BCUT2D eigenvalue weighted by Crippen LogP contribution is -2.32. The summed E-state index contributed by atoms with van der Waals surface area (Å²) in [6, 6.07) is 13.0. The molecule has 0 radical (unpaired) electrons. The number of hydrogen-bond acceptors (Lipinski definition) is 2. The van der Waals surface area contributed by atoms with E-state index in [2.05, 4.69) is 82.4 Å². The van der Waals surface area contributed by atoms with Gasteiger partial charge in [-0.15, -0.1) is 0 Å². The van der Waals surface area contributed by atoms with E-state index in [9.17, 15) is 0 Å². The van der Waals surface area contributed by atoms with Crippen molar-refractivity contribution >= 4 is 11.3 Å². The average Bonchev–Trinajstić information content (AvgIpc) is 2.57. The predicted octanol–water partition coefficient (Wildman–Crippen LogP) is 6.83. The van der Waals surface area contributed by atoms with Gasteiger partial charge < -0.3 is 10.1 Å². The van der Waals surface area contributed by atoms with Gasteiger partial charge in [0.25, 0.3) is 0 Å². The number of para-hydroxylation sites is 1. The fraction of sp³-hybridized carbons (Fsp3) is 0.417. The van der Waals surface area contributed by atoms with Crippen LogP contribution in [0, 0.1) is 5.92 Å². The van der Waals surface area contributed by atoms with Gasteiger partial charge in [0.15, 0.2) is 0 Å². The van der Waals surface area contributed by atoms with Crippen LogP contribution < -0.4 is 10.1 Å². The summed E-state index contributed by atoms with van der Waals surface area (Å²) in [4.78, 5) is 0. The van der Waals surface area contributed by atoms with Crippen molar-refractivity contribution < 1.29 is 4.74 Å². The summed E-state index contributed by atoms with van der Waals surface area (Å²) in [7, 11) is 0. The van der Waals surface area contributed by atoms with Gasteiger partial charge in [0, 0.05) is 22.4 Å². The second-order valence-corrected chi connectivity index (χ2v) is 8.70. The van der Waals surface area contributed by atoms with Crippen molar-refractivity contribution in [3.05, 3.63) is 53.6 Å². The minimum atomic E-state index is -0.0216.